The fourth-order valence-electron chi connectivity index (χ4n) is 2.73. The Morgan fingerprint density at radius 3 is 2.57 bits per heavy atom. The second kappa shape index (κ2) is 6.96. The maximum absolute atomic E-state index is 12.5. The molecule has 0 saturated carbocycles. The normalized spacial score (nSPS) is 17.3. The fourth-order valence-corrected chi connectivity index (χ4v) is 3.16. The Morgan fingerprint density at radius 2 is 1.83 bits per heavy atom. The number of para-hydroxylation sites is 1. The van der Waals surface area contributed by atoms with Crippen LogP contribution in [0.25, 0.3) is 0 Å². The molecule has 2 aromatic rings. The standard InChI is InChI=1S/C18H17BrN2O2/c19-16-9-5-4-6-13(16)12-20-17(22)15-10-11-21(18(15)23)14-7-2-1-3-8-14/h1-9,15H,10-12H2,(H,20,22)/t15-/m1/s1. The summed E-state index contributed by atoms with van der Waals surface area (Å²) in [4.78, 5) is 26.5. The third-order valence-corrected chi connectivity index (χ3v) is 4.77. The molecule has 5 heteroatoms. The minimum atomic E-state index is -0.599. The van der Waals surface area contributed by atoms with Crippen LogP contribution in [0.3, 0.4) is 0 Å². The van der Waals surface area contributed by atoms with Crippen molar-refractivity contribution in [2.75, 3.05) is 11.4 Å². The van der Waals surface area contributed by atoms with Crippen LogP contribution >= 0.6 is 15.9 Å². The van der Waals surface area contributed by atoms with Gasteiger partial charge in [-0.25, -0.2) is 0 Å². The second-order valence-electron chi connectivity index (χ2n) is 5.48. The van der Waals surface area contributed by atoms with Crippen molar-refractivity contribution >= 4 is 33.4 Å². The molecule has 0 spiro atoms. The molecule has 4 nitrogen and oxygen atoms in total. The van der Waals surface area contributed by atoms with E-state index in [-0.39, 0.29) is 11.8 Å². The third-order valence-electron chi connectivity index (χ3n) is 4.00. The molecule has 0 bridgehead atoms. The van der Waals surface area contributed by atoms with Gasteiger partial charge in [-0.2, -0.15) is 0 Å². The highest BCUT2D eigenvalue weighted by molar-refractivity contribution is 9.10. The lowest BCUT2D eigenvalue weighted by Crippen LogP contribution is -2.36. The summed E-state index contributed by atoms with van der Waals surface area (Å²) in [7, 11) is 0. The number of carbonyl (C=O) groups excluding carboxylic acids is 2. The monoisotopic (exact) mass is 372 g/mol. The van der Waals surface area contributed by atoms with Gasteiger partial charge in [-0.1, -0.05) is 52.3 Å². The molecule has 1 aliphatic heterocycles. The van der Waals surface area contributed by atoms with Crippen molar-refractivity contribution in [3.05, 3.63) is 64.6 Å². The minimum Gasteiger partial charge on any atom is -0.351 e. The van der Waals surface area contributed by atoms with Crippen LogP contribution in [0.4, 0.5) is 5.69 Å². The van der Waals surface area contributed by atoms with Crippen LogP contribution in [0.15, 0.2) is 59.1 Å². The smallest absolute Gasteiger partial charge is 0.239 e. The molecule has 1 aliphatic rings. The summed E-state index contributed by atoms with van der Waals surface area (Å²) in [5, 5.41) is 2.87. The van der Waals surface area contributed by atoms with Gasteiger partial charge in [-0.3, -0.25) is 9.59 Å². The average molecular weight is 373 g/mol. The minimum absolute atomic E-state index is 0.124. The van der Waals surface area contributed by atoms with Crippen molar-refractivity contribution in [3.8, 4) is 0 Å². The third kappa shape index (κ3) is 3.45. The molecule has 1 fully saturated rings. The summed E-state index contributed by atoms with van der Waals surface area (Å²) in [5.74, 6) is -0.928. The van der Waals surface area contributed by atoms with Gasteiger partial charge in [0.15, 0.2) is 0 Å². The van der Waals surface area contributed by atoms with Gasteiger partial charge >= 0.3 is 0 Å². The van der Waals surface area contributed by atoms with Gasteiger partial charge in [0.25, 0.3) is 0 Å². The van der Waals surface area contributed by atoms with E-state index in [0.29, 0.717) is 19.5 Å². The van der Waals surface area contributed by atoms with Crippen molar-refractivity contribution in [2.45, 2.75) is 13.0 Å². The predicted octanol–water partition coefficient (Wildman–Crippen LogP) is 3.12. The van der Waals surface area contributed by atoms with E-state index in [1.807, 2.05) is 54.6 Å². The first-order valence-electron chi connectivity index (χ1n) is 7.54. The van der Waals surface area contributed by atoms with Crippen LogP contribution < -0.4 is 10.2 Å². The van der Waals surface area contributed by atoms with Crippen LogP contribution in [0, 0.1) is 5.92 Å². The summed E-state index contributed by atoms with van der Waals surface area (Å²) in [6, 6.07) is 17.2. The number of rotatable bonds is 4. The fraction of sp³-hybridized carbons (Fsp3) is 0.222. The first kappa shape index (κ1) is 15.7. The van der Waals surface area contributed by atoms with Crippen molar-refractivity contribution in [3.63, 3.8) is 0 Å². The van der Waals surface area contributed by atoms with Gasteiger partial charge in [0.2, 0.25) is 11.8 Å². The lowest BCUT2D eigenvalue weighted by molar-refractivity contribution is -0.132. The van der Waals surface area contributed by atoms with Gasteiger partial charge in [0.05, 0.1) is 0 Å². The predicted molar refractivity (Wildman–Crippen MR) is 92.9 cm³/mol. The van der Waals surface area contributed by atoms with E-state index in [0.717, 1.165) is 15.7 Å². The summed E-state index contributed by atoms with van der Waals surface area (Å²) in [6.07, 6.45) is 0.551. The number of hydrogen-bond acceptors (Lipinski definition) is 2. The number of nitrogens with zero attached hydrogens (tertiary/aromatic N) is 1. The topological polar surface area (TPSA) is 49.4 Å². The summed E-state index contributed by atoms with van der Waals surface area (Å²) >= 11 is 3.46. The zero-order valence-corrected chi connectivity index (χ0v) is 14.1. The number of hydrogen-bond donors (Lipinski definition) is 1. The molecular formula is C18H17BrN2O2. The Bertz CT molecular complexity index is 718. The molecule has 0 unspecified atom stereocenters. The van der Waals surface area contributed by atoms with Crippen molar-refractivity contribution in [2.24, 2.45) is 5.92 Å². The summed E-state index contributed by atoms with van der Waals surface area (Å²) in [6.45, 7) is 0.991. The Kier molecular flexibility index (Phi) is 4.76. The molecular weight excluding hydrogens is 356 g/mol. The van der Waals surface area contributed by atoms with Gasteiger partial charge < -0.3 is 10.2 Å². The first-order chi connectivity index (χ1) is 11.2. The van der Waals surface area contributed by atoms with Crippen LogP contribution in [0.5, 0.6) is 0 Å². The molecule has 0 aromatic heterocycles. The maximum atomic E-state index is 12.5. The molecule has 1 atom stereocenters. The van der Waals surface area contributed by atoms with E-state index < -0.39 is 5.92 Å². The molecule has 23 heavy (non-hydrogen) atoms. The van der Waals surface area contributed by atoms with E-state index in [2.05, 4.69) is 21.2 Å². The van der Waals surface area contributed by atoms with Crippen LogP contribution in [-0.2, 0) is 16.1 Å². The number of amides is 2. The number of nitrogens with one attached hydrogen (secondary N) is 1. The Balaban J connectivity index is 1.63. The number of anilines is 1. The molecule has 0 radical (unpaired) electrons. The molecule has 118 valence electrons. The zero-order chi connectivity index (χ0) is 16.2. The van der Waals surface area contributed by atoms with Gasteiger partial charge in [-0.05, 0) is 30.2 Å². The van der Waals surface area contributed by atoms with Crippen molar-refractivity contribution < 1.29 is 9.59 Å². The first-order valence-corrected chi connectivity index (χ1v) is 8.33. The van der Waals surface area contributed by atoms with E-state index in [4.69, 9.17) is 0 Å². The number of carbonyl (C=O) groups is 2. The number of benzene rings is 2. The maximum Gasteiger partial charge on any atom is 0.239 e. The molecule has 3 rings (SSSR count). The lowest BCUT2D eigenvalue weighted by atomic mass is 10.1. The highest BCUT2D eigenvalue weighted by Gasteiger charge is 2.37. The Labute approximate surface area is 143 Å². The molecule has 2 amide bonds. The summed E-state index contributed by atoms with van der Waals surface area (Å²) in [5.41, 5.74) is 1.84. The quantitative estimate of drug-likeness (QED) is 0.838. The number of halogens is 1. The van der Waals surface area contributed by atoms with E-state index >= 15 is 0 Å². The van der Waals surface area contributed by atoms with Crippen molar-refractivity contribution in [1.82, 2.24) is 5.32 Å². The van der Waals surface area contributed by atoms with E-state index in [1.54, 1.807) is 4.90 Å². The highest BCUT2D eigenvalue weighted by Crippen LogP contribution is 2.25. The Hall–Kier alpha value is -2.14. The Morgan fingerprint density at radius 1 is 1.13 bits per heavy atom. The van der Waals surface area contributed by atoms with Gasteiger partial charge in [0.1, 0.15) is 5.92 Å². The van der Waals surface area contributed by atoms with Gasteiger partial charge in [-0.15, -0.1) is 0 Å². The van der Waals surface area contributed by atoms with E-state index in [1.165, 1.54) is 0 Å². The lowest BCUT2D eigenvalue weighted by Gasteiger charge is -2.16. The summed E-state index contributed by atoms with van der Waals surface area (Å²) < 4.78 is 0.948. The van der Waals surface area contributed by atoms with Crippen molar-refractivity contribution in [1.29, 1.82) is 0 Å². The molecule has 1 heterocycles. The zero-order valence-electron chi connectivity index (χ0n) is 12.5. The van der Waals surface area contributed by atoms with E-state index in [9.17, 15) is 9.59 Å². The molecule has 1 saturated heterocycles. The average Bonchev–Trinajstić information content (AvgIpc) is 2.96. The van der Waals surface area contributed by atoms with Crippen LogP contribution in [0.1, 0.15) is 12.0 Å². The SMILES string of the molecule is O=C(NCc1ccccc1Br)[C@H]1CCN(c2ccccc2)C1=O. The largest absolute Gasteiger partial charge is 0.351 e. The molecule has 1 N–H and O–H groups in total. The van der Waals surface area contributed by atoms with Crippen LogP contribution in [0.2, 0.25) is 0 Å². The second-order valence-corrected chi connectivity index (χ2v) is 6.33. The molecule has 2 aromatic carbocycles. The molecule has 0 aliphatic carbocycles. The highest BCUT2D eigenvalue weighted by atomic mass is 79.9. The van der Waals surface area contributed by atoms with Gasteiger partial charge in [0, 0.05) is 23.2 Å². The van der Waals surface area contributed by atoms with Crippen LogP contribution in [-0.4, -0.2) is 18.4 Å².